The van der Waals surface area contributed by atoms with E-state index in [1.807, 2.05) is 53.4 Å². The van der Waals surface area contributed by atoms with Gasteiger partial charge < -0.3 is 4.90 Å². The van der Waals surface area contributed by atoms with Gasteiger partial charge in [-0.15, -0.1) is 0 Å². The topological polar surface area (TPSA) is 20.3 Å². The first-order valence-electron chi connectivity index (χ1n) is 7.62. The number of hydrogen-bond acceptors (Lipinski definition) is 1. The second-order valence-electron chi connectivity index (χ2n) is 5.84. The minimum atomic E-state index is -0.156. The fraction of sp³-hybridized carbons (Fsp3) is 0.316. The van der Waals surface area contributed by atoms with Crippen molar-refractivity contribution in [2.45, 2.75) is 31.6 Å². The Morgan fingerprint density at radius 3 is 2.09 bits per heavy atom. The van der Waals surface area contributed by atoms with Gasteiger partial charge >= 0.3 is 0 Å². The maximum absolute atomic E-state index is 12.9. The van der Waals surface area contributed by atoms with E-state index in [4.69, 9.17) is 0 Å². The lowest BCUT2D eigenvalue weighted by Crippen LogP contribution is -2.36. The molecule has 0 aromatic heterocycles. The maximum Gasteiger partial charge on any atom is 0.241 e. The van der Waals surface area contributed by atoms with E-state index in [0.29, 0.717) is 12.5 Å². The van der Waals surface area contributed by atoms with Crippen LogP contribution < -0.4 is 4.90 Å². The fourth-order valence-electron chi connectivity index (χ4n) is 2.35. The highest BCUT2D eigenvalue weighted by molar-refractivity contribution is 9.10. The summed E-state index contributed by atoms with van der Waals surface area (Å²) in [6, 6.07) is 20.0. The molecule has 0 aliphatic rings. The van der Waals surface area contributed by atoms with Gasteiger partial charge in [0.1, 0.15) is 0 Å². The van der Waals surface area contributed by atoms with Crippen molar-refractivity contribution in [3.8, 4) is 0 Å². The summed E-state index contributed by atoms with van der Waals surface area (Å²) in [5.41, 5.74) is 2.06. The number of nitrogens with zero attached hydrogens (tertiary/aromatic N) is 1. The molecule has 3 heteroatoms. The SMILES string of the molecule is CC(C)C[C@H](Br)C(=O)N(Cc1ccccc1)c1ccccc1. The minimum Gasteiger partial charge on any atom is -0.307 e. The number of benzene rings is 2. The van der Waals surface area contributed by atoms with Crippen molar-refractivity contribution in [1.82, 2.24) is 0 Å². The van der Waals surface area contributed by atoms with E-state index in [0.717, 1.165) is 17.7 Å². The molecule has 0 spiro atoms. The average molecular weight is 360 g/mol. The molecule has 0 aliphatic heterocycles. The molecule has 0 aliphatic carbocycles. The molecule has 0 fully saturated rings. The molecular formula is C19H22BrNO. The lowest BCUT2D eigenvalue weighted by atomic mass is 10.1. The number of hydrogen-bond donors (Lipinski definition) is 0. The Hall–Kier alpha value is -1.61. The van der Waals surface area contributed by atoms with Crippen LogP contribution in [0.4, 0.5) is 5.69 Å². The van der Waals surface area contributed by atoms with Gasteiger partial charge in [0.15, 0.2) is 0 Å². The van der Waals surface area contributed by atoms with E-state index in [1.165, 1.54) is 0 Å². The predicted octanol–water partition coefficient (Wildman–Crippen LogP) is 5.03. The van der Waals surface area contributed by atoms with Gasteiger partial charge in [0.2, 0.25) is 5.91 Å². The van der Waals surface area contributed by atoms with Crippen LogP contribution in [0.25, 0.3) is 0 Å². The van der Waals surface area contributed by atoms with E-state index >= 15 is 0 Å². The molecule has 0 bridgehead atoms. The summed E-state index contributed by atoms with van der Waals surface area (Å²) in [5, 5.41) is 0. The van der Waals surface area contributed by atoms with Crippen molar-refractivity contribution in [3.05, 3.63) is 66.2 Å². The number of halogens is 1. The lowest BCUT2D eigenvalue weighted by Gasteiger charge is -2.26. The third-order valence-electron chi connectivity index (χ3n) is 3.46. The molecule has 2 aromatic carbocycles. The summed E-state index contributed by atoms with van der Waals surface area (Å²) in [6.07, 6.45) is 0.830. The number of para-hydroxylation sites is 1. The van der Waals surface area contributed by atoms with Crippen molar-refractivity contribution in [2.75, 3.05) is 4.90 Å². The van der Waals surface area contributed by atoms with Crippen LogP contribution in [0.1, 0.15) is 25.8 Å². The van der Waals surface area contributed by atoms with Crippen LogP contribution in [0.3, 0.4) is 0 Å². The highest BCUT2D eigenvalue weighted by Gasteiger charge is 2.24. The monoisotopic (exact) mass is 359 g/mol. The van der Waals surface area contributed by atoms with Crippen molar-refractivity contribution in [3.63, 3.8) is 0 Å². The number of amides is 1. The Kier molecular flexibility index (Phi) is 6.20. The summed E-state index contributed by atoms with van der Waals surface area (Å²) in [4.78, 5) is 14.6. The molecule has 1 atom stereocenters. The van der Waals surface area contributed by atoms with E-state index in [2.05, 4.69) is 41.9 Å². The summed E-state index contributed by atoms with van der Waals surface area (Å²) in [6.45, 7) is 4.85. The van der Waals surface area contributed by atoms with Gasteiger partial charge in [-0.25, -0.2) is 0 Å². The predicted molar refractivity (Wildman–Crippen MR) is 96.2 cm³/mol. The molecule has 2 rings (SSSR count). The van der Waals surface area contributed by atoms with Gasteiger partial charge in [-0.3, -0.25) is 4.79 Å². The summed E-state index contributed by atoms with van der Waals surface area (Å²) in [5.74, 6) is 0.589. The molecule has 0 unspecified atom stereocenters. The Morgan fingerprint density at radius 2 is 1.55 bits per heavy atom. The molecule has 1 amide bonds. The first kappa shape index (κ1) is 16.8. The molecule has 2 aromatic rings. The number of rotatable bonds is 6. The van der Waals surface area contributed by atoms with Crippen LogP contribution in [-0.4, -0.2) is 10.7 Å². The quantitative estimate of drug-likeness (QED) is 0.662. The van der Waals surface area contributed by atoms with Gasteiger partial charge in [0.05, 0.1) is 11.4 Å². The highest BCUT2D eigenvalue weighted by atomic mass is 79.9. The molecule has 22 heavy (non-hydrogen) atoms. The van der Waals surface area contributed by atoms with Crippen LogP contribution >= 0.6 is 15.9 Å². The van der Waals surface area contributed by atoms with Crippen molar-refractivity contribution in [2.24, 2.45) is 5.92 Å². The Morgan fingerprint density at radius 1 is 1.00 bits per heavy atom. The fourth-order valence-corrected chi connectivity index (χ4v) is 3.35. The standard InChI is InChI=1S/C19H22BrNO/c1-15(2)13-18(20)19(22)21(17-11-7-4-8-12-17)14-16-9-5-3-6-10-16/h3-12,15,18H,13-14H2,1-2H3/t18-/m0/s1. The van der Waals surface area contributed by atoms with Gasteiger partial charge in [-0.2, -0.15) is 0 Å². The van der Waals surface area contributed by atoms with Gasteiger partial charge in [0, 0.05) is 5.69 Å². The molecule has 0 saturated carbocycles. The number of alkyl halides is 1. The van der Waals surface area contributed by atoms with E-state index in [-0.39, 0.29) is 10.7 Å². The molecule has 0 radical (unpaired) electrons. The number of carbonyl (C=O) groups is 1. The van der Waals surface area contributed by atoms with E-state index in [9.17, 15) is 4.79 Å². The third kappa shape index (κ3) is 4.70. The number of anilines is 1. The molecule has 0 saturated heterocycles. The van der Waals surface area contributed by atoms with Crippen molar-refractivity contribution >= 4 is 27.5 Å². The smallest absolute Gasteiger partial charge is 0.241 e. The summed E-state index contributed by atoms with van der Waals surface area (Å²) < 4.78 is 0. The van der Waals surface area contributed by atoms with Gasteiger partial charge in [0.25, 0.3) is 0 Å². The van der Waals surface area contributed by atoms with E-state index in [1.54, 1.807) is 0 Å². The highest BCUT2D eigenvalue weighted by Crippen LogP contribution is 2.23. The van der Waals surface area contributed by atoms with Crippen LogP contribution in [0.5, 0.6) is 0 Å². The average Bonchev–Trinajstić information content (AvgIpc) is 2.53. The lowest BCUT2D eigenvalue weighted by molar-refractivity contribution is -0.118. The molecule has 0 heterocycles. The zero-order chi connectivity index (χ0) is 15.9. The Bertz CT molecular complexity index is 583. The minimum absolute atomic E-state index is 0.115. The van der Waals surface area contributed by atoms with Crippen LogP contribution in [-0.2, 0) is 11.3 Å². The summed E-state index contributed by atoms with van der Waals surface area (Å²) in [7, 11) is 0. The van der Waals surface area contributed by atoms with Crippen LogP contribution in [0.2, 0.25) is 0 Å². The Labute approximate surface area is 141 Å². The largest absolute Gasteiger partial charge is 0.307 e. The van der Waals surface area contributed by atoms with E-state index < -0.39 is 0 Å². The molecule has 116 valence electrons. The second kappa shape index (κ2) is 8.14. The van der Waals surface area contributed by atoms with Crippen molar-refractivity contribution in [1.29, 1.82) is 0 Å². The number of carbonyl (C=O) groups excluding carboxylic acids is 1. The maximum atomic E-state index is 12.9. The normalized spacial score (nSPS) is 12.2. The molecular weight excluding hydrogens is 338 g/mol. The molecule has 0 N–H and O–H groups in total. The van der Waals surface area contributed by atoms with Crippen LogP contribution in [0.15, 0.2) is 60.7 Å². The Balaban J connectivity index is 2.24. The van der Waals surface area contributed by atoms with Crippen molar-refractivity contribution < 1.29 is 4.79 Å². The molecule has 2 nitrogen and oxygen atoms in total. The zero-order valence-electron chi connectivity index (χ0n) is 13.1. The third-order valence-corrected chi connectivity index (χ3v) is 4.23. The second-order valence-corrected chi connectivity index (χ2v) is 6.95. The van der Waals surface area contributed by atoms with Gasteiger partial charge in [-0.05, 0) is 30.0 Å². The van der Waals surface area contributed by atoms with Gasteiger partial charge in [-0.1, -0.05) is 78.3 Å². The van der Waals surface area contributed by atoms with Crippen LogP contribution in [0, 0.1) is 5.92 Å². The summed E-state index contributed by atoms with van der Waals surface area (Å²) >= 11 is 3.56. The first-order chi connectivity index (χ1) is 10.6. The first-order valence-corrected chi connectivity index (χ1v) is 8.54. The zero-order valence-corrected chi connectivity index (χ0v) is 14.7.